The topological polar surface area (TPSA) is 51.1 Å². The Bertz CT molecular complexity index is 581. The van der Waals surface area contributed by atoms with Crippen LogP contribution >= 0.6 is 11.6 Å². The van der Waals surface area contributed by atoms with Crippen molar-refractivity contribution in [3.63, 3.8) is 0 Å². The number of carbonyl (C=O) groups excluding carboxylic acids is 1. The molecule has 9 heteroatoms. The lowest BCUT2D eigenvalue weighted by Crippen LogP contribution is -2.32. The minimum absolute atomic E-state index is 0.0321. The van der Waals surface area contributed by atoms with E-state index in [9.17, 15) is 18.0 Å². The van der Waals surface area contributed by atoms with Crippen molar-refractivity contribution in [1.82, 2.24) is 4.90 Å². The third-order valence-corrected chi connectivity index (χ3v) is 2.79. The Morgan fingerprint density at radius 1 is 1.52 bits per heavy atom. The summed E-state index contributed by atoms with van der Waals surface area (Å²) in [5, 5.41) is 0. The van der Waals surface area contributed by atoms with Gasteiger partial charge < -0.3 is 9.47 Å². The highest BCUT2D eigenvalue weighted by Gasteiger charge is 2.42. The van der Waals surface area contributed by atoms with Gasteiger partial charge in [0.05, 0.1) is 5.69 Å². The zero-order chi connectivity index (χ0) is 15.6. The fraction of sp³-hybridized carbons (Fsp3) is 0.333. The van der Waals surface area contributed by atoms with Crippen molar-refractivity contribution < 1.29 is 27.4 Å². The van der Waals surface area contributed by atoms with Crippen LogP contribution in [0.3, 0.4) is 0 Å². The van der Waals surface area contributed by atoms with Crippen LogP contribution in [-0.2, 0) is 9.53 Å². The molecule has 0 N–H and O–H groups in total. The van der Waals surface area contributed by atoms with E-state index in [1.165, 1.54) is 30.1 Å². The van der Waals surface area contributed by atoms with Crippen LogP contribution in [0.5, 0.6) is 5.75 Å². The molecular weight excluding hydrogens is 313 g/mol. The minimum Gasteiger partial charge on any atom is -0.454 e. The molecule has 114 valence electrons. The van der Waals surface area contributed by atoms with Crippen LogP contribution in [0.2, 0.25) is 0 Å². The zero-order valence-corrected chi connectivity index (χ0v) is 11.5. The highest BCUT2D eigenvalue weighted by atomic mass is 35.5. The zero-order valence-electron chi connectivity index (χ0n) is 10.7. The first-order chi connectivity index (χ1) is 9.79. The van der Waals surface area contributed by atoms with Crippen LogP contribution in [-0.4, -0.2) is 42.2 Å². The van der Waals surface area contributed by atoms with Crippen LogP contribution in [0.4, 0.5) is 18.9 Å². The third kappa shape index (κ3) is 3.57. The molecule has 1 saturated heterocycles. The van der Waals surface area contributed by atoms with Crippen LogP contribution < -0.4 is 4.74 Å². The van der Waals surface area contributed by atoms with Gasteiger partial charge in [0.25, 0.3) is 17.6 Å². The molecule has 1 heterocycles. The van der Waals surface area contributed by atoms with E-state index in [0.717, 1.165) is 6.07 Å². The normalized spacial score (nSPS) is 18.8. The number of ether oxygens (including phenoxy) is 2. The van der Waals surface area contributed by atoms with Gasteiger partial charge in [-0.2, -0.15) is 13.8 Å². The summed E-state index contributed by atoms with van der Waals surface area (Å²) in [5.74, 6) is -0.604. The summed E-state index contributed by atoms with van der Waals surface area (Å²) in [6.07, 6.45) is -4.16. The second-order valence-corrected chi connectivity index (χ2v) is 4.48. The molecule has 1 aromatic rings. The molecule has 21 heavy (non-hydrogen) atoms. The molecule has 0 spiro atoms. The average molecular weight is 323 g/mol. The van der Waals surface area contributed by atoms with Crippen molar-refractivity contribution in [1.29, 1.82) is 0 Å². The standard InChI is InChI=1S/C12H10ClF3N2O3/c1-18-9(19)6-20-11(18)17-7-3-2-4-8(5-7)21-12(15,16)10(13)14/h2-5,10H,6H2,1H3. The molecule has 1 aliphatic heterocycles. The molecule has 0 saturated carbocycles. The number of hydrogen-bond acceptors (Lipinski definition) is 4. The van der Waals surface area contributed by atoms with Crippen LogP contribution in [0.1, 0.15) is 0 Å². The van der Waals surface area contributed by atoms with Gasteiger partial charge in [-0.05, 0) is 12.1 Å². The fourth-order valence-corrected chi connectivity index (χ4v) is 1.51. The number of amides is 1. The van der Waals surface area contributed by atoms with Gasteiger partial charge in [-0.15, -0.1) is 0 Å². The summed E-state index contributed by atoms with van der Waals surface area (Å²) < 4.78 is 47.8. The molecule has 0 radical (unpaired) electrons. The van der Waals surface area contributed by atoms with Crippen molar-refractivity contribution in [2.75, 3.05) is 13.7 Å². The molecule has 0 aromatic heterocycles. The minimum atomic E-state index is -4.16. The first kappa shape index (κ1) is 15.4. The number of aliphatic imine (C=N–C) groups is 1. The summed E-state index contributed by atoms with van der Waals surface area (Å²) >= 11 is 4.70. The molecular formula is C12H10ClF3N2O3. The van der Waals surface area contributed by atoms with E-state index in [1.807, 2.05) is 0 Å². The highest BCUT2D eigenvalue weighted by molar-refractivity contribution is 6.20. The Labute approximate surface area is 122 Å². The van der Waals surface area contributed by atoms with E-state index in [-0.39, 0.29) is 30.0 Å². The second-order valence-electron chi connectivity index (χ2n) is 4.10. The lowest BCUT2D eigenvalue weighted by Gasteiger charge is -2.17. The number of alkyl halides is 4. The second kappa shape index (κ2) is 5.80. The van der Waals surface area contributed by atoms with Crippen molar-refractivity contribution in [3.05, 3.63) is 24.3 Å². The summed E-state index contributed by atoms with van der Waals surface area (Å²) in [6.45, 7) is -0.140. The number of halogens is 4. The van der Waals surface area contributed by atoms with Gasteiger partial charge >= 0.3 is 6.11 Å². The van der Waals surface area contributed by atoms with Gasteiger partial charge in [-0.1, -0.05) is 17.7 Å². The number of likely N-dealkylation sites (N-methyl/N-ethyl adjacent to an activating group) is 1. The molecule has 1 aromatic carbocycles. The van der Waals surface area contributed by atoms with Gasteiger partial charge in [-0.25, -0.2) is 4.39 Å². The maximum atomic E-state index is 13.0. The monoisotopic (exact) mass is 322 g/mol. The number of hydrogen-bond donors (Lipinski definition) is 0. The third-order valence-electron chi connectivity index (χ3n) is 2.54. The Kier molecular flexibility index (Phi) is 4.26. The largest absolute Gasteiger partial charge is 0.454 e. The molecule has 5 nitrogen and oxygen atoms in total. The van der Waals surface area contributed by atoms with E-state index in [2.05, 4.69) is 9.73 Å². The first-order valence-electron chi connectivity index (χ1n) is 5.72. The van der Waals surface area contributed by atoms with Gasteiger partial charge in [0.15, 0.2) is 6.61 Å². The summed E-state index contributed by atoms with van der Waals surface area (Å²) in [7, 11) is 1.46. The Morgan fingerprint density at radius 3 is 2.81 bits per heavy atom. The molecule has 1 atom stereocenters. The molecule has 1 amide bonds. The maximum Gasteiger partial charge on any atom is 0.444 e. The quantitative estimate of drug-likeness (QED) is 0.801. The van der Waals surface area contributed by atoms with Gasteiger partial charge in [-0.3, -0.25) is 9.69 Å². The number of benzene rings is 1. The summed E-state index contributed by atoms with van der Waals surface area (Å²) in [5.41, 5.74) is -2.78. The fourth-order valence-electron chi connectivity index (χ4n) is 1.46. The van der Waals surface area contributed by atoms with E-state index in [1.54, 1.807) is 0 Å². The van der Waals surface area contributed by atoms with E-state index in [0.29, 0.717) is 0 Å². The Balaban J connectivity index is 2.19. The molecule has 2 rings (SSSR count). The molecule has 1 aliphatic rings. The predicted molar refractivity (Wildman–Crippen MR) is 68.6 cm³/mol. The summed E-state index contributed by atoms with van der Waals surface area (Å²) in [6, 6.07) is 5.22. The highest BCUT2D eigenvalue weighted by Crippen LogP contribution is 2.30. The lowest BCUT2D eigenvalue weighted by atomic mass is 10.3. The predicted octanol–water partition coefficient (Wildman–Crippen LogP) is 2.67. The van der Waals surface area contributed by atoms with Crippen molar-refractivity contribution >= 4 is 29.2 Å². The van der Waals surface area contributed by atoms with Crippen LogP contribution in [0.25, 0.3) is 0 Å². The number of nitrogens with zero attached hydrogens (tertiary/aromatic N) is 2. The van der Waals surface area contributed by atoms with E-state index >= 15 is 0 Å². The lowest BCUT2D eigenvalue weighted by molar-refractivity contribution is -0.199. The van der Waals surface area contributed by atoms with Crippen molar-refractivity contribution in [2.45, 2.75) is 11.7 Å². The number of carbonyl (C=O) groups is 1. The summed E-state index contributed by atoms with van der Waals surface area (Å²) in [4.78, 5) is 16.4. The molecule has 0 aliphatic carbocycles. The first-order valence-corrected chi connectivity index (χ1v) is 6.16. The van der Waals surface area contributed by atoms with Crippen molar-refractivity contribution in [3.8, 4) is 5.75 Å². The number of amidine groups is 1. The van der Waals surface area contributed by atoms with Crippen molar-refractivity contribution in [2.24, 2.45) is 4.99 Å². The smallest absolute Gasteiger partial charge is 0.444 e. The van der Waals surface area contributed by atoms with Gasteiger partial charge in [0.2, 0.25) is 0 Å². The molecule has 0 bridgehead atoms. The Morgan fingerprint density at radius 2 is 2.24 bits per heavy atom. The molecule has 1 unspecified atom stereocenters. The van der Waals surface area contributed by atoms with Crippen LogP contribution in [0.15, 0.2) is 29.3 Å². The Hall–Kier alpha value is -1.96. The number of rotatable bonds is 4. The average Bonchev–Trinajstić information content (AvgIpc) is 2.70. The molecule has 1 fully saturated rings. The van der Waals surface area contributed by atoms with Gasteiger partial charge in [0.1, 0.15) is 5.75 Å². The van der Waals surface area contributed by atoms with E-state index < -0.39 is 11.7 Å². The van der Waals surface area contributed by atoms with Gasteiger partial charge in [0, 0.05) is 13.1 Å². The SMILES string of the molecule is CN1C(=O)COC1=Nc1cccc(OC(F)(F)C(F)Cl)c1. The maximum absolute atomic E-state index is 13.0. The van der Waals surface area contributed by atoms with E-state index in [4.69, 9.17) is 16.3 Å². The van der Waals surface area contributed by atoms with Crippen LogP contribution in [0, 0.1) is 0 Å².